The minimum absolute atomic E-state index is 0.703. The van der Waals surface area contributed by atoms with Gasteiger partial charge in [0.05, 0.1) is 7.11 Å². The molecule has 112 valence electrons. The maximum absolute atomic E-state index is 5.52. The number of aryl methyl sites for hydroxylation is 1. The minimum Gasteiger partial charge on any atom is -0.491 e. The quantitative estimate of drug-likeness (QED) is 0.837. The summed E-state index contributed by atoms with van der Waals surface area (Å²) >= 11 is 0. The summed E-state index contributed by atoms with van der Waals surface area (Å²) in [7, 11) is 1.66. The third-order valence-corrected chi connectivity index (χ3v) is 3.32. The maximum Gasteiger partial charge on any atom is 0.187 e. The first kappa shape index (κ1) is 15.3. The maximum atomic E-state index is 5.52. The lowest BCUT2D eigenvalue weighted by molar-refractivity contribution is 0.414. The molecular formula is C17H23N3O. The summed E-state index contributed by atoms with van der Waals surface area (Å²) in [6.07, 6.45) is 4.87. The predicted molar refractivity (Wildman–Crippen MR) is 86.8 cm³/mol. The van der Waals surface area contributed by atoms with Crippen LogP contribution in [0.15, 0.2) is 30.6 Å². The monoisotopic (exact) mass is 285 g/mol. The highest BCUT2D eigenvalue weighted by molar-refractivity contribution is 5.72. The van der Waals surface area contributed by atoms with Gasteiger partial charge in [-0.05, 0) is 18.4 Å². The van der Waals surface area contributed by atoms with E-state index in [1.165, 1.54) is 5.56 Å². The third kappa shape index (κ3) is 3.72. The summed E-state index contributed by atoms with van der Waals surface area (Å²) < 4.78 is 5.52. The summed E-state index contributed by atoms with van der Waals surface area (Å²) in [5.74, 6) is 1.45. The molecule has 0 saturated heterocycles. The van der Waals surface area contributed by atoms with Gasteiger partial charge in [0.1, 0.15) is 12.0 Å². The first-order chi connectivity index (χ1) is 10.3. The molecule has 1 N–H and O–H groups in total. The third-order valence-electron chi connectivity index (χ3n) is 3.32. The van der Waals surface area contributed by atoms with Gasteiger partial charge in [-0.1, -0.05) is 44.5 Å². The molecule has 0 aliphatic heterocycles. The fourth-order valence-corrected chi connectivity index (χ4v) is 2.26. The zero-order valence-electron chi connectivity index (χ0n) is 13.0. The number of methoxy groups -OCH3 is 1. The van der Waals surface area contributed by atoms with Crippen LogP contribution >= 0.6 is 0 Å². The molecule has 0 radical (unpaired) electrons. The van der Waals surface area contributed by atoms with E-state index in [9.17, 15) is 0 Å². The van der Waals surface area contributed by atoms with Gasteiger partial charge in [-0.2, -0.15) is 0 Å². The number of aromatic nitrogens is 2. The number of rotatable bonds is 7. The minimum atomic E-state index is 0.703. The van der Waals surface area contributed by atoms with Crippen molar-refractivity contribution >= 4 is 5.82 Å². The SMILES string of the molecule is CCCNc1ncnc(-c2ccc(CCC)cc2)c1OC. The van der Waals surface area contributed by atoms with Crippen molar-refractivity contribution in [1.29, 1.82) is 0 Å². The Balaban J connectivity index is 2.33. The molecule has 0 unspecified atom stereocenters. The van der Waals surface area contributed by atoms with Crippen molar-refractivity contribution < 1.29 is 4.74 Å². The molecule has 2 aromatic rings. The fourth-order valence-electron chi connectivity index (χ4n) is 2.26. The van der Waals surface area contributed by atoms with Crippen LogP contribution in [0.2, 0.25) is 0 Å². The van der Waals surface area contributed by atoms with Crippen LogP contribution in [0.4, 0.5) is 5.82 Å². The van der Waals surface area contributed by atoms with Crippen molar-refractivity contribution in [2.45, 2.75) is 33.1 Å². The standard InChI is InChI=1S/C17H23N3O/c1-4-6-13-7-9-14(10-8-13)15-16(21-3)17(18-11-5-2)20-12-19-15/h7-10,12H,4-6,11H2,1-3H3,(H,18,19,20). The molecule has 0 bridgehead atoms. The highest BCUT2D eigenvalue weighted by Gasteiger charge is 2.13. The van der Waals surface area contributed by atoms with Crippen LogP contribution in [-0.4, -0.2) is 23.6 Å². The molecule has 4 nitrogen and oxygen atoms in total. The number of benzene rings is 1. The topological polar surface area (TPSA) is 47.0 Å². The average Bonchev–Trinajstić information content (AvgIpc) is 2.53. The summed E-state index contributed by atoms with van der Waals surface area (Å²) in [5, 5.41) is 3.28. The van der Waals surface area contributed by atoms with E-state index in [2.05, 4.69) is 53.4 Å². The Morgan fingerprint density at radius 2 is 1.81 bits per heavy atom. The number of hydrogen-bond donors (Lipinski definition) is 1. The molecule has 0 aliphatic rings. The van der Waals surface area contributed by atoms with Crippen LogP contribution in [0.3, 0.4) is 0 Å². The van der Waals surface area contributed by atoms with E-state index in [0.29, 0.717) is 5.75 Å². The van der Waals surface area contributed by atoms with Gasteiger partial charge in [0.2, 0.25) is 0 Å². The molecule has 0 amide bonds. The van der Waals surface area contributed by atoms with Gasteiger partial charge >= 0.3 is 0 Å². The second-order valence-electron chi connectivity index (χ2n) is 4.98. The lowest BCUT2D eigenvalue weighted by atomic mass is 10.1. The number of nitrogens with one attached hydrogen (secondary N) is 1. The molecule has 1 aromatic heterocycles. The lowest BCUT2D eigenvalue weighted by Crippen LogP contribution is -2.05. The second-order valence-corrected chi connectivity index (χ2v) is 4.98. The van der Waals surface area contributed by atoms with Gasteiger partial charge in [-0.3, -0.25) is 0 Å². The van der Waals surface area contributed by atoms with Crippen LogP contribution in [-0.2, 0) is 6.42 Å². The molecule has 0 aliphatic carbocycles. The smallest absolute Gasteiger partial charge is 0.187 e. The Labute approximate surface area is 126 Å². The van der Waals surface area contributed by atoms with E-state index in [1.807, 2.05) is 0 Å². The summed E-state index contributed by atoms with van der Waals surface area (Å²) in [6, 6.07) is 8.50. The molecular weight excluding hydrogens is 262 g/mol. The lowest BCUT2D eigenvalue weighted by Gasteiger charge is -2.13. The first-order valence-corrected chi connectivity index (χ1v) is 7.52. The molecule has 0 saturated carbocycles. The van der Waals surface area contributed by atoms with Crippen molar-refractivity contribution in [2.75, 3.05) is 19.0 Å². The number of ether oxygens (including phenoxy) is 1. The molecule has 4 heteroatoms. The summed E-state index contributed by atoms with van der Waals surface area (Å²) in [6.45, 7) is 5.17. The van der Waals surface area contributed by atoms with Gasteiger partial charge in [-0.25, -0.2) is 9.97 Å². The van der Waals surface area contributed by atoms with Gasteiger partial charge in [-0.15, -0.1) is 0 Å². The van der Waals surface area contributed by atoms with Crippen molar-refractivity contribution in [2.24, 2.45) is 0 Å². The Morgan fingerprint density at radius 1 is 1.05 bits per heavy atom. The van der Waals surface area contributed by atoms with Crippen LogP contribution in [0.1, 0.15) is 32.3 Å². The van der Waals surface area contributed by atoms with E-state index >= 15 is 0 Å². The van der Waals surface area contributed by atoms with Crippen molar-refractivity contribution in [1.82, 2.24) is 9.97 Å². The van der Waals surface area contributed by atoms with Crippen LogP contribution in [0.25, 0.3) is 11.3 Å². The van der Waals surface area contributed by atoms with Crippen molar-refractivity contribution in [3.8, 4) is 17.0 Å². The number of anilines is 1. The first-order valence-electron chi connectivity index (χ1n) is 7.52. The molecule has 0 spiro atoms. The van der Waals surface area contributed by atoms with Crippen LogP contribution < -0.4 is 10.1 Å². The molecule has 0 atom stereocenters. The van der Waals surface area contributed by atoms with Gasteiger partial charge in [0, 0.05) is 12.1 Å². The normalized spacial score (nSPS) is 10.4. The number of hydrogen-bond acceptors (Lipinski definition) is 4. The van der Waals surface area contributed by atoms with Crippen molar-refractivity contribution in [3.05, 3.63) is 36.2 Å². The predicted octanol–water partition coefficient (Wildman–Crippen LogP) is 3.93. The Bertz CT molecular complexity index is 567. The molecule has 21 heavy (non-hydrogen) atoms. The number of nitrogens with zero attached hydrogens (tertiary/aromatic N) is 2. The summed E-state index contributed by atoms with van der Waals surface area (Å²) in [5.41, 5.74) is 3.22. The second kappa shape index (κ2) is 7.62. The average molecular weight is 285 g/mol. The van der Waals surface area contributed by atoms with E-state index in [1.54, 1.807) is 13.4 Å². The van der Waals surface area contributed by atoms with Crippen LogP contribution in [0.5, 0.6) is 5.75 Å². The zero-order chi connectivity index (χ0) is 15.1. The highest BCUT2D eigenvalue weighted by atomic mass is 16.5. The van der Waals surface area contributed by atoms with E-state index in [0.717, 1.165) is 42.9 Å². The van der Waals surface area contributed by atoms with Crippen molar-refractivity contribution in [3.63, 3.8) is 0 Å². The Kier molecular flexibility index (Phi) is 5.55. The Morgan fingerprint density at radius 3 is 2.43 bits per heavy atom. The van der Waals surface area contributed by atoms with Gasteiger partial charge in [0.25, 0.3) is 0 Å². The molecule has 2 rings (SSSR count). The zero-order valence-corrected chi connectivity index (χ0v) is 13.0. The van der Waals surface area contributed by atoms with Gasteiger partial charge < -0.3 is 10.1 Å². The van der Waals surface area contributed by atoms with Gasteiger partial charge in [0.15, 0.2) is 11.6 Å². The fraction of sp³-hybridized carbons (Fsp3) is 0.412. The molecule has 0 fully saturated rings. The largest absolute Gasteiger partial charge is 0.491 e. The van der Waals surface area contributed by atoms with E-state index < -0.39 is 0 Å². The molecule has 1 aromatic carbocycles. The highest BCUT2D eigenvalue weighted by Crippen LogP contribution is 2.33. The van der Waals surface area contributed by atoms with E-state index in [-0.39, 0.29) is 0 Å². The van der Waals surface area contributed by atoms with Crippen LogP contribution in [0, 0.1) is 0 Å². The van der Waals surface area contributed by atoms with E-state index in [4.69, 9.17) is 4.74 Å². The molecule has 1 heterocycles. The summed E-state index contributed by atoms with van der Waals surface area (Å²) in [4.78, 5) is 8.66. The Hall–Kier alpha value is -2.10.